The van der Waals surface area contributed by atoms with Crippen molar-refractivity contribution in [2.45, 2.75) is 0 Å². The van der Waals surface area contributed by atoms with Crippen molar-refractivity contribution in [3.63, 3.8) is 0 Å². The van der Waals surface area contributed by atoms with Crippen LogP contribution in [-0.2, 0) is 0 Å². The first kappa shape index (κ1) is 6.76. The van der Waals surface area contributed by atoms with Crippen molar-refractivity contribution < 1.29 is 4.86 Å². The fourth-order valence-electron chi connectivity index (χ4n) is 0.143. The molecule has 0 aromatic carbocycles. The van der Waals surface area contributed by atoms with E-state index in [0.717, 1.165) is 0 Å². The Morgan fingerprint density at radius 1 is 1.57 bits per heavy atom. The summed E-state index contributed by atoms with van der Waals surface area (Å²) in [6.07, 6.45) is 0. The van der Waals surface area contributed by atoms with Crippen LogP contribution in [0.2, 0.25) is 0 Å². The fourth-order valence-corrected chi connectivity index (χ4v) is 0.143. The summed E-state index contributed by atoms with van der Waals surface area (Å²) in [6.45, 7) is -0.194. The molecule has 6 heteroatoms. The number of nitrogens with two attached hydrogens (primary N) is 3. The first-order chi connectivity index (χ1) is 3.06. The molecular weight excluding hydrogens is 98.0 g/mol. The zero-order valence-corrected chi connectivity index (χ0v) is 3.79. The minimum atomic E-state index is -1.39. The summed E-state index contributed by atoms with van der Waals surface area (Å²) in [6, 6.07) is 0. The number of hydrazine groups is 1. The lowest BCUT2D eigenvalue weighted by molar-refractivity contribution is -0.907. The van der Waals surface area contributed by atoms with E-state index in [1.54, 1.807) is 0 Å². The number of quaternary nitrogens is 1. The Morgan fingerprint density at radius 2 is 2.00 bits per heavy atom. The van der Waals surface area contributed by atoms with Crippen LogP contribution in [0.25, 0.3) is 0 Å². The van der Waals surface area contributed by atoms with Gasteiger partial charge in [-0.3, -0.25) is 5.84 Å². The van der Waals surface area contributed by atoms with Crippen molar-refractivity contribution in [2.24, 2.45) is 17.5 Å². The monoisotopic (exact) mass is 107 g/mol. The van der Waals surface area contributed by atoms with Gasteiger partial charge in [-0.2, -0.15) is 16.5 Å². The van der Waals surface area contributed by atoms with Crippen LogP contribution in [0, 0.1) is 5.21 Å². The van der Waals surface area contributed by atoms with Crippen LogP contribution in [0.5, 0.6) is 0 Å². The Labute approximate surface area is 40.9 Å². The highest BCUT2D eigenvalue weighted by molar-refractivity contribution is 4.13. The van der Waals surface area contributed by atoms with E-state index in [4.69, 9.17) is 0 Å². The molecule has 0 aliphatic rings. The van der Waals surface area contributed by atoms with Crippen LogP contribution < -0.4 is 23.0 Å². The van der Waals surface area contributed by atoms with Crippen LogP contribution in [-0.4, -0.2) is 11.5 Å². The molecule has 0 bridgehead atoms. The minimum absolute atomic E-state index is 0.194. The van der Waals surface area contributed by atoms with Crippen molar-refractivity contribution >= 4 is 0 Å². The molecule has 0 unspecified atom stereocenters. The van der Waals surface area contributed by atoms with E-state index in [0.29, 0.717) is 0 Å². The zero-order valence-electron chi connectivity index (χ0n) is 3.79. The van der Waals surface area contributed by atoms with E-state index in [9.17, 15) is 5.21 Å². The molecule has 44 valence electrons. The summed E-state index contributed by atoms with van der Waals surface area (Å²) in [5.41, 5.74) is 2.02. The molecule has 7 N–H and O–H groups in total. The van der Waals surface area contributed by atoms with Gasteiger partial charge < -0.3 is 5.21 Å². The minimum Gasteiger partial charge on any atom is -0.591 e. The lowest BCUT2D eigenvalue weighted by atomic mass is 11.1. The maximum Gasteiger partial charge on any atom is 0.180 e. The third-order valence-corrected chi connectivity index (χ3v) is 0.338. The molecule has 0 aliphatic carbocycles. The van der Waals surface area contributed by atoms with Crippen molar-refractivity contribution in [3.05, 3.63) is 5.21 Å². The zero-order chi connectivity index (χ0) is 5.91. The number of rotatable bonds is 2. The molecule has 0 atom stereocenters. The highest BCUT2D eigenvalue weighted by Gasteiger charge is 1.97. The van der Waals surface area contributed by atoms with Gasteiger partial charge >= 0.3 is 0 Å². The molecule has 0 spiro atoms. The van der Waals surface area contributed by atoms with Gasteiger partial charge in [-0.15, -0.1) is 0 Å². The standard InChI is InChI=1S/CH9N5O/c2-5-1-6(3,4)7/h5H,1-4H2. The third kappa shape index (κ3) is 5.76. The highest BCUT2D eigenvalue weighted by atomic mass is 16.6. The second kappa shape index (κ2) is 2.17. The van der Waals surface area contributed by atoms with Crippen LogP contribution in [0.1, 0.15) is 0 Å². The lowest BCUT2D eigenvalue weighted by Gasteiger charge is -2.28. The molecule has 0 amide bonds. The maximum atomic E-state index is 10.1. The van der Waals surface area contributed by atoms with Crippen molar-refractivity contribution in [2.75, 3.05) is 6.67 Å². The first-order valence-corrected chi connectivity index (χ1v) is 1.66. The number of hydrogen-bond acceptors (Lipinski definition) is 5. The molecule has 0 aliphatic heterocycles. The summed E-state index contributed by atoms with van der Waals surface area (Å²) in [4.78, 5) is -1.39. The maximum absolute atomic E-state index is 10.1. The largest absolute Gasteiger partial charge is 0.591 e. The van der Waals surface area contributed by atoms with Gasteiger partial charge in [0, 0.05) is 0 Å². The summed E-state index contributed by atoms with van der Waals surface area (Å²) in [5, 5.41) is 10.1. The van der Waals surface area contributed by atoms with Gasteiger partial charge in [0.1, 0.15) is 0 Å². The Balaban J connectivity index is 3.15. The SMILES string of the molecule is NNC[N+](N)(N)[O-]. The van der Waals surface area contributed by atoms with Crippen molar-refractivity contribution in [1.29, 1.82) is 0 Å². The van der Waals surface area contributed by atoms with Gasteiger partial charge in [0.25, 0.3) is 0 Å². The molecular formula is CH9N5O. The number of hydroxylamine groups is 1. The quantitative estimate of drug-likeness (QED) is 0.134. The molecule has 6 nitrogen and oxygen atoms in total. The van der Waals surface area contributed by atoms with Gasteiger partial charge in [0.2, 0.25) is 0 Å². The average molecular weight is 107 g/mol. The predicted octanol–water partition coefficient (Wildman–Crippen LogP) is -2.53. The van der Waals surface area contributed by atoms with Crippen LogP contribution in [0.4, 0.5) is 0 Å². The normalized spacial score (nSPS) is 12.0. The van der Waals surface area contributed by atoms with E-state index < -0.39 is 4.86 Å². The Morgan fingerprint density at radius 3 is 2.00 bits per heavy atom. The molecule has 0 radical (unpaired) electrons. The van der Waals surface area contributed by atoms with Gasteiger partial charge in [-0.1, -0.05) is 0 Å². The molecule has 0 aromatic heterocycles. The molecule has 0 aromatic rings. The van der Waals surface area contributed by atoms with E-state index in [-0.39, 0.29) is 6.67 Å². The predicted molar refractivity (Wildman–Crippen MR) is 24.2 cm³/mol. The number of hydrogen-bond donors (Lipinski definition) is 4. The van der Waals surface area contributed by atoms with Gasteiger partial charge in [0.05, 0.1) is 0 Å². The van der Waals surface area contributed by atoms with Crippen molar-refractivity contribution in [3.8, 4) is 0 Å². The smallest absolute Gasteiger partial charge is 0.180 e. The van der Waals surface area contributed by atoms with Crippen LogP contribution in [0.3, 0.4) is 0 Å². The topological polar surface area (TPSA) is 113 Å². The lowest BCUT2D eigenvalue weighted by Crippen LogP contribution is -2.60. The highest BCUT2D eigenvalue weighted by Crippen LogP contribution is 1.70. The average Bonchev–Trinajstić information content (AvgIpc) is 1.30. The van der Waals surface area contributed by atoms with E-state index in [1.165, 1.54) is 0 Å². The van der Waals surface area contributed by atoms with Gasteiger partial charge in [-0.05, 0) is 0 Å². The molecule has 0 saturated carbocycles. The van der Waals surface area contributed by atoms with Crippen LogP contribution >= 0.6 is 0 Å². The molecule has 0 saturated heterocycles. The molecule has 0 rings (SSSR count). The summed E-state index contributed by atoms with van der Waals surface area (Å²) in [5.74, 6) is 14.0. The summed E-state index contributed by atoms with van der Waals surface area (Å²) < 4.78 is 0. The molecule has 0 heterocycles. The molecule has 0 fully saturated rings. The Bertz CT molecular complexity index is 46.5. The fraction of sp³-hybridized carbons (Fsp3) is 1.00. The number of nitrogens with zero attached hydrogens (tertiary/aromatic N) is 1. The second-order valence-corrected chi connectivity index (χ2v) is 1.22. The molecule has 7 heavy (non-hydrogen) atoms. The van der Waals surface area contributed by atoms with E-state index in [2.05, 4.69) is 17.5 Å². The third-order valence-electron chi connectivity index (χ3n) is 0.338. The van der Waals surface area contributed by atoms with E-state index >= 15 is 0 Å². The van der Waals surface area contributed by atoms with Gasteiger partial charge in [0.15, 0.2) is 6.67 Å². The Hall–Kier alpha value is -0.240. The van der Waals surface area contributed by atoms with Crippen LogP contribution in [0.15, 0.2) is 0 Å². The van der Waals surface area contributed by atoms with E-state index in [1.807, 2.05) is 5.43 Å². The first-order valence-electron chi connectivity index (χ1n) is 1.66. The van der Waals surface area contributed by atoms with Gasteiger partial charge in [-0.25, -0.2) is 5.43 Å². The number of nitrogens with one attached hydrogen (secondary N) is 1. The Kier molecular flexibility index (Phi) is 2.09. The summed E-state index contributed by atoms with van der Waals surface area (Å²) >= 11 is 0. The second-order valence-electron chi connectivity index (χ2n) is 1.22. The van der Waals surface area contributed by atoms with Crippen molar-refractivity contribution in [1.82, 2.24) is 5.43 Å². The summed E-state index contributed by atoms with van der Waals surface area (Å²) in [7, 11) is 0.